The molecular weight excluding hydrogens is 347 g/mol. The van der Waals surface area contributed by atoms with Gasteiger partial charge in [-0.15, -0.1) is 0 Å². The molecular formula is C18H19FO5S. The Morgan fingerprint density at radius 2 is 2.00 bits per heavy atom. The third-order valence-electron chi connectivity index (χ3n) is 4.13. The molecule has 3 rings (SSSR count). The molecule has 0 saturated heterocycles. The summed E-state index contributed by atoms with van der Waals surface area (Å²) in [6.07, 6.45) is -0.727. The second kappa shape index (κ2) is 7.11. The number of aliphatic hydroxyl groups excluding tert-OH is 1. The van der Waals surface area contributed by atoms with Crippen LogP contribution < -0.4 is 4.74 Å². The van der Waals surface area contributed by atoms with Crippen molar-refractivity contribution in [2.75, 3.05) is 6.61 Å². The van der Waals surface area contributed by atoms with E-state index in [4.69, 9.17) is 8.92 Å². The molecule has 7 heteroatoms. The highest BCUT2D eigenvalue weighted by molar-refractivity contribution is 7.86. The van der Waals surface area contributed by atoms with Crippen molar-refractivity contribution in [2.24, 2.45) is 0 Å². The van der Waals surface area contributed by atoms with Crippen molar-refractivity contribution in [2.45, 2.75) is 36.9 Å². The Morgan fingerprint density at radius 3 is 2.72 bits per heavy atom. The summed E-state index contributed by atoms with van der Waals surface area (Å²) < 4.78 is 48.1. The molecule has 1 heterocycles. The van der Waals surface area contributed by atoms with Crippen LogP contribution in [0.2, 0.25) is 0 Å². The molecule has 0 spiro atoms. The van der Waals surface area contributed by atoms with Crippen LogP contribution in [0.25, 0.3) is 0 Å². The number of rotatable bonds is 5. The molecule has 0 saturated carbocycles. The Balaban J connectivity index is 1.62. The monoisotopic (exact) mass is 366 g/mol. The van der Waals surface area contributed by atoms with Gasteiger partial charge in [-0.3, -0.25) is 4.18 Å². The van der Waals surface area contributed by atoms with Gasteiger partial charge in [-0.05, 0) is 55.7 Å². The van der Waals surface area contributed by atoms with Gasteiger partial charge in [0.1, 0.15) is 23.8 Å². The number of halogens is 1. The van der Waals surface area contributed by atoms with Crippen LogP contribution in [0, 0.1) is 12.7 Å². The van der Waals surface area contributed by atoms with Gasteiger partial charge in [0.25, 0.3) is 10.1 Å². The van der Waals surface area contributed by atoms with Gasteiger partial charge < -0.3 is 9.84 Å². The molecule has 25 heavy (non-hydrogen) atoms. The number of fused-ring (bicyclic) bond motifs is 1. The molecule has 2 aromatic carbocycles. The molecule has 2 atom stereocenters. The molecule has 0 amide bonds. The van der Waals surface area contributed by atoms with Crippen LogP contribution in [-0.4, -0.2) is 32.3 Å². The summed E-state index contributed by atoms with van der Waals surface area (Å²) in [6.45, 7) is 1.45. The van der Waals surface area contributed by atoms with Crippen LogP contribution in [-0.2, 0) is 20.7 Å². The summed E-state index contributed by atoms with van der Waals surface area (Å²) >= 11 is 0. The normalized spacial score (nSPS) is 18.3. The fourth-order valence-electron chi connectivity index (χ4n) is 2.69. The van der Waals surface area contributed by atoms with Gasteiger partial charge in [0.15, 0.2) is 0 Å². The second-order valence-electron chi connectivity index (χ2n) is 6.07. The van der Waals surface area contributed by atoms with E-state index < -0.39 is 28.9 Å². The van der Waals surface area contributed by atoms with Crippen LogP contribution in [0.4, 0.5) is 4.39 Å². The topological polar surface area (TPSA) is 72.8 Å². The van der Waals surface area contributed by atoms with E-state index in [2.05, 4.69) is 0 Å². The summed E-state index contributed by atoms with van der Waals surface area (Å²) in [4.78, 5) is 0.0377. The van der Waals surface area contributed by atoms with E-state index in [9.17, 15) is 17.9 Å². The van der Waals surface area contributed by atoms with E-state index in [0.29, 0.717) is 18.6 Å². The van der Waals surface area contributed by atoms with E-state index >= 15 is 0 Å². The third-order valence-corrected chi connectivity index (χ3v) is 5.43. The fraction of sp³-hybridized carbons (Fsp3) is 0.333. The lowest BCUT2D eigenvalue weighted by molar-refractivity contribution is -0.00207. The molecule has 0 bridgehead atoms. The van der Waals surface area contributed by atoms with E-state index in [0.717, 1.165) is 11.1 Å². The van der Waals surface area contributed by atoms with Crippen molar-refractivity contribution in [1.29, 1.82) is 0 Å². The van der Waals surface area contributed by atoms with Crippen LogP contribution >= 0.6 is 0 Å². The van der Waals surface area contributed by atoms with Crippen molar-refractivity contribution in [3.05, 3.63) is 59.4 Å². The number of hydrogen-bond donors (Lipinski definition) is 1. The van der Waals surface area contributed by atoms with Gasteiger partial charge >= 0.3 is 0 Å². The van der Waals surface area contributed by atoms with Crippen molar-refractivity contribution in [1.82, 2.24) is 0 Å². The number of benzene rings is 2. The molecule has 0 radical (unpaired) electrons. The molecule has 0 aromatic heterocycles. The highest BCUT2D eigenvalue weighted by atomic mass is 32.2. The van der Waals surface area contributed by atoms with Crippen LogP contribution in [0.1, 0.15) is 17.5 Å². The largest absolute Gasteiger partial charge is 0.487 e. The SMILES string of the molecule is Cc1ccc(S(=O)(=O)OC[C@H](O)C2CCc3cc(F)ccc3O2)cc1. The first-order valence-electron chi connectivity index (χ1n) is 7.94. The lowest BCUT2D eigenvalue weighted by atomic mass is 9.99. The maximum Gasteiger partial charge on any atom is 0.297 e. The summed E-state index contributed by atoms with van der Waals surface area (Å²) in [7, 11) is -3.94. The first kappa shape index (κ1) is 17.8. The van der Waals surface area contributed by atoms with E-state index in [1.807, 2.05) is 6.92 Å². The number of ether oxygens (including phenoxy) is 1. The molecule has 1 aliphatic heterocycles. The number of hydrogen-bond acceptors (Lipinski definition) is 5. The maximum absolute atomic E-state index is 13.2. The predicted octanol–water partition coefficient (Wildman–Crippen LogP) is 2.59. The lowest BCUT2D eigenvalue weighted by Gasteiger charge is -2.29. The molecule has 5 nitrogen and oxygen atoms in total. The Hall–Kier alpha value is -1.96. The average molecular weight is 366 g/mol. The Morgan fingerprint density at radius 1 is 1.28 bits per heavy atom. The van der Waals surface area contributed by atoms with Crippen LogP contribution in [0.5, 0.6) is 5.75 Å². The Kier molecular flexibility index (Phi) is 5.08. The third kappa shape index (κ3) is 4.18. The van der Waals surface area contributed by atoms with Crippen LogP contribution in [0.15, 0.2) is 47.4 Å². The summed E-state index contributed by atoms with van der Waals surface area (Å²) in [5.74, 6) is 0.159. The van der Waals surface area contributed by atoms with Gasteiger partial charge in [-0.25, -0.2) is 4.39 Å². The van der Waals surface area contributed by atoms with E-state index in [-0.39, 0.29) is 10.7 Å². The van der Waals surface area contributed by atoms with Crippen molar-refractivity contribution in [3.8, 4) is 5.75 Å². The zero-order valence-corrected chi connectivity index (χ0v) is 14.5. The predicted molar refractivity (Wildman–Crippen MR) is 89.5 cm³/mol. The molecule has 1 N–H and O–H groups in total. The smallest absolute Gasteiger partial charge is 0.297 e. The minimum absolute atomic E-state index is 0.0377. The quantitative estimate of drug-likeness (QED) is 0.824. The summed E-state index contributed by atoms with van der Waals surface area (Å²) in [5.41, 5.74) is 1.67. The van der Waals surface area contributed by atoms with Gasteiger partial charge in [0.05, 0.1) is 11.5 Å². The Labute approximate surface area is 146 Å². The van der Waals surface area contributed by atoms with Gasteiger partial charge in [-0.1, -0.05) is 17.7 Å². The van der Waals surface area contributed by atoms with Gasteiger partial charge in [-0.2, -0.15) is 8.42 Å². The first-order valence-corrected chi connectivity index (χ1v) is 9.35. The second-order valence-corrected chi connectivity index (χ2v) is 7.68. The zero-order valence-electron chi connectivity index (χ0n) is 13.7. The lowest BCUT2D eigenvalue weighted by Crippen LogP contribution is -2.38. The molecule has 1 aliphatic rings. The molecule has 1 unspecified atom stereocenters. The highest BCUT2D eigenvalue weighted by Gasteiger charge is 2.28. The first-order chi connectivity index (χ1) is 11.8. The highest BCUT2D eigenvalue weighted by Crippen LogP contribution is 2.29. The van der Waals surface area contributed by atoms with Crippen LogP contribution in [0.3, 0.4) is 0 Å². The Bertz CT molecular complexity index is 848. The maximum atomic E-state index is 13.2. The summed E-state index contributed by atoms with van der Waals surface area (Å²) in [5, 5.41) is 10.2. The van der Waals surface area contributed by atoms with Crippen molar-refractivity contribution in [3.63, 3.8) is 0 Å². The molecule has 0 fully saturated rings. The van der Waals surface area contributed by atoms with E-state index in [1.54, 1.807) is 12.1 Å². The van der Waals surface area contributed by atoms with Gasteiger partial charge in [0.2, 0.25) is 0 Å². The van der Waals surface area contributed by atoms with Crippen molar-refractivity contribution >= 4 is 10.1 Å². The van der Waals surface area contributed by atoms with E-state index in [1.165, 1.54) is 30.3 Å². The minimum Gasteiger partial charge on any atom is -0.487 e. The molecule has 134 valence electrons. The number of aryl methyl sites for hydroxylation is 2. The minimum atomic E-state index is -3.94. The average Bonchev–Trinajstić information content (AvgIpc) is 2.59. The van der Waals surface area contributed by atoms with Crippen molar-refractivity contribution < 1.29 is 26.8 Å². The standard InChI is InChI=1S/C18H19FO5S/c1-12-2-6-15(7-3-12)25(21,22)23-11-16(20)18-8-4-13-10-14(19)5-9-17(13)24-18/h2-3,5-7,9-10,16,18,20H,4,8,11H2,1H3/t16-,18?/m0/s1. The zero-order chi connectivity index (χ0) is 18.0. The summed E-state index contributed by atoms with van der Waals surface area (Å²) in [6, 6.07) is 10.5. The number of aliphatic hydroxyl groups is 1. The molecule has 2 aromatic rings. The fourth-order valence-corrected chi connectivity index (χ4v) is 3.61. The molecule has 0 aliphatic carbocycles. The van der Waals surface area contributed by atoms with Gasteiger partial charge in [0, 0.05) is 0 Å².